The molecule has 29 heavy (non-hydrogen) atoms. The standard InChI is InChI=1S/C19H18N4O5S/c24-15(8-23-16(25)19(22-18(23)26)5-1-2-6-19)21-17-20-12(9-29-17)11-3-4-13-14(7-11)28-10-27-13/h3-4,7,9H,1-2,5-6,8,10H2,(H,22,26)(H,20,21,24). The molecular weight excluding hydrogens is 396 g/mol. The molecule has 3 heterocycles. The highest BCUT2D eigenvalue weighted by Crippen LogP contribution is 2.37. The minimum atomic E-state index is -0.814. The van der Waals surface area contributed by atoms with E-state index in [0.29, 0.717) is 35.2 Å². The summed E-state index contributed by atoms with van der Waals surface area (Å²) in [6.45, 7) is -0.132. The van der Waals surface area contributed by atoms with Crippen molar-refractivity contribution >= 4 is 34.3 Å². The van der Waals surface area contributed by atoms with Crippen molar-refractivity contribution in [3.8, 4) is 22.8 Å². The van der Waals surface area contributed by atoms with Crippen LogP contribution >= 0.6 is 11.3 Å². The number of ether oxygens (including phenoxy) is 2. The number of nitrogens with one attached hydrogen (secondary N) is 2. The monoisotopic (exact) mass is 414 g/mol. The first kappa shape index (κ1) is 17.9. The minimum absolute atomic E-state index is 0.196. The molecule has 0 radical (unpaired) electrons. The molecule has 1 saturated carbocycles. The highest BCUT2D eigenvalue weighted by atomic mass is 32.1. The third-order valence-corrected chi connectivity index (χ3v) is 6.18. The zero-order valence-electron chi connectivity index (χ0n) is 15.4. The first-order chi connectivity index (χ1) is 14.0. The topological polar surface area (TPSA) is 110 Å². The number of carbonyl (C=O) groups excluding carboxylic acids is 3. The van der Waals surface area contributed by atoms with Gasteiger partial charge in [0.1, 0.15) is 12.1 Å². The van der Waals surface area contributed by atoms with E-state index in [-0.39, 0.29) is 19.2 Å². The van der Waals surface area contributed by atoms with Gasteiger partial charge in [-0.1, -0.05) is 12.8 Å². The second-order valence-corrected chi connectivity index (χ2v) is 8.12. The van der Waals surface area contributed by atoms with Crippen LogP contribution < -0.4 is 20.1 Å². The summed E-state index contributed by atoms with van der Waals surface area (Å²) in [6.07, 6.45) is 3.05. The Morgan fingerprint density at radius 3 is 2.86 bits per heavy atom. The Balaban J connectivity index is 1.25. The van der Waals surface area contributed by atoms with E-state index in [4.69, 9.17) is 9.47 Å². The number of aromatic nitrogens is 1. The van der Waals surface area contributed by atoms with E-state index in [1.165, 1.54) is 11.3 Å². The Kier molecular flexibility index (Phi) is 4.16. The van der Waals surface area contributed by atoms with Gasteiger partial charge >= 0.3 is 6.03 Å². The van der Waals surface area contributed by atoms with E-state index in [0.717, 1.165) is 23.3 Å². The van der Waals surface area contributed by atoms with Crippen molar-refractivity contribution in [1.82, 2.24) is 15.2 Å². The SMILES string of the molecule is O=C(CN1C(=O)NC2(CCCC2)C1=O)Nc1nc(-c2ccc3c(c2)OCO3)cs1. The lowest BCUT2D eigenvalue weighted by atomic mass is 9.98. The van der Waals surface area contributed by atoms with Gasteiger partial charge in [-0.25, -0.2) is 9.78 Å². The Hall–Kier alpha value is -3.14. The summed E-state index contributed by atoms with van der Waals surface area (Å²) in [4.78, 5) is 42.6. The number of anilines is 1. The highest BCUT2D eigenvalue weighted by Gasteiger charge is 2.52. The Morgan fingerprint density at radius 2 is 2.03 bits per heavy atom. The first-order valence-corrected chi connectivity index (χ1v) is 10.2. The molecule has 2 aromatic rings. The molecule has 0 atom stereocenters. The number of hydrogen-bond acceptors (Lipinski definition) is 7. The lowest BCUT2D eigenvalue weighted by Crippen LogP contribution is -2.44. The number of urea groups is 1. The van der Waals surface area contributed by atoms with E-state index in [1.54, 1.807) is 0 Å². The van der Waals surface area contributed by atoms with Crippen LogP contribution in [0.4, 0.5) is 9.93 Å². The Morgan fingerprint density at radius 1 is 1.24 bits per heavy atom. The lowest BCUT2D eigenvalue weighted by molar-refractivity contribution is -0.133. The molecule has 1 aromatic carbocycles. The summed E-state index contributed by atoms with van der Waals surface area (Å²) in [5.74, 6) is 0.567. The molecule has 1 spiro atoms. The molecule has 150 valence electrons. The molecule has 1 saturated heterocycles. The first-order valence-electron chi connectivity index (χ1n) is 9.34. The van der Waals surface area contributed by atoms with Crippen molar-refractivity contribution in [2.45, 2.75) is 31.2 Å². The van der Waals surface area contributed by atoms with Gasteiger partial charge in [-0.15, -0.1) is 11.3 Å². The molecule has 10 heteroatoms. The van der Waals surface area contributed by atoms with Gasteiger partial charge in [-0.3, -0.25) is 14.5 Å². The van der Waals surface area contributed by atoms with Gasteiger partial charge in [-0.05, 0) is 31.0 Å². The van der Waals surface area contributed by atoms with Crippen LogP contribution in [0.2, 0.25) is 0 Å². The predicted octanol–water partition coefficient (Wildman–Crippen LogP) is 2.34. The molecule has 9 nitrogen and oxygen atoms in total. The fraction of sp³-hybridized carbons (Fsp3) is 0.368. The fourth-order valence-electron chi connectivity index (χ4n) is 3.96. The summed E-state index contributed by atoms with van der Waals surface area (Å²) in [5, 5.41) is 7.64. The maximum absolute atomic E-state index is 12.6. The summed E-state index contributed by atoms with van der Waals surface area (Å²) >= 11 is 1.27. The van der Waals surface area contributed by atoms with Crippen molar-refractivity contribution in [1.29, 1.82) is 0 Å². The highest BCUT2D eigenvalue weighted by molar-refractivity contribution is 7.14. The van der Waals surface area contributed by atoms with Crippen molar-refractivity contribution in [3.63, 3.8) is 0 Å². The van der Waals surface area contributed by atoms with Crippen LogP contribution in [0.15, 0.2) is 23.6 Å². The van der Waals surface area contributed by atoms with Gasteiger partial charge in [0.15, 0.2) is 16.6 Å². The largest absolute Gasteiger partial charge is 0.454 e. The lowest BCUT2D eigenvalue weighted by Gasteiger charge is -2.19. The number of imide groups is 1. The number of nitrogens with zero attached hydrogens (tertiary/aromatic N) is 2. The quantitative estimate of drug-likeness (QED) is 0.743. The normalized spacial score (nSPS) is 19.1. The van der Waals surface area contributed by atoms with Gasteiger partial charge in [0.05, 0.1) is 5.69 Å². The molecule has 1 aromatic heterocycles. The average Bonchev–Trinajstić information content (AvgIpc) is 3.47. The van der Waals surface area contributed by atoms with Crippen molar-refractivity contribution in [2.75, 3.05) is 18.7 Å². The molecule has 5 rings (SSSR count). The summed E-state index contributed by atoms with van der Waals surface area (Å²) < 4.78 is 10.7. The second kappa shape index (κ2) is 6.73. The number of amides is 4. The number of hydrogen-bond donors (Lipinski definition) is 2. The number of rotatable bonds is 4. The maximum atomic E-state index is 12.6. The molecule has 3 aliphatic rings. The molecule has 0 bridgehead atoms. The van der Waals surface area contributed by atoms with E-state index in [1.807, 2.05) is 23.6 Å². The van der Waals surface area contributed by atoms with Crippen LogP contribution in [0, 0.1) is 0 Å². The average molecular weight is 414 g/mol. The summed E-state index contributed by atoms with van der Waals surface area (Å²) in [5.41, 5.74) is 0.706. The van der Waals surface area contributed by atoms with Crippen LogP contribution in [0.3, 0.4) is 0 Å². The summed E-state index contributed by atoms with van der Waals surface area (Å²) in [7, 11) is 0. The van der Waals surface area contributed by atoms with Gasteiger partial charge in [0.25, 0.3) is 5.91 Å². The van der Waals surface area contributed by atoms with Crippen LogP contribution in [0.25, 0.3) is 11.3 Å². The van der Waals surface area contributed by atoms with Crippen molar-refractivity contribution in [2.24, 2.45) is 0 Å². The predicted molar refractivity (Wildman–Crippen MR) is 104 cm³/mol. The fourth-order valence-corrected chi connectivity index (χ4v) is 4.70. The maximum Gasteiger partial charge on any atom is 0.325 e. The molecule has 2 N–H and O–H groups in total. The molecular formula is C19H18N4O5S. The molecule has 1 aliphatic carbocycles. The molecule has 4 amide bonds. The number of carbonyl (C=O) groups is 3. The zero-order valence-corrected chi connectivity index (χ0v) is 16.2. The van der Waals surface area contributed by atoms with Crippen molar-refractivity contribution < 1.29 is 23.9 Å². The van der Waals surface area contributed by atoms with Gasteiger partial charge < -0.3 is 20.1 Å². The van der Waals surface area contributed by atoms with Gasteiger partial charge in [-0.2, -0.15) is 0 Å². The van der Waals surface area contributed by atoms with E-state index >= 15 is 0 Å². The van der Waals surface area contributed by atoms with Crippen molar-refractivity contribution in [3.05, 3.63) is 23.6 Å². The zero-order chi connectivity index (χ0) is 20.0. The second-order valence-electron chi connectivity index (χ2n) is 7.26. The summed E-state index contributed by atoms with van der Waals surface area (Å²) in [6, 6.07) is 5.00. The molecule has 2 fully saturated rings. The van der Waals surface area contributed by atoms with Gasteiger partial charge in [0, 0.05) is 10.9 Å². The smallest absolute Gasteiger partial charge is 0.325 e. The van der Waals surface area contributed by atoms with E-state index in [2.05, 4.69) is 15.6 Å². The third-order valence-electron chi connectivity index (χ3n) is 5.42. The molecule has 2 aliphatic heterocycles. The third kappa shape index (κ3) is 3.09. The minimum Gasteiger partial charge on any atom is -0.454 e. The van der Waals surface area contributed by atoms with Crippen LogP contribution in [0.1, 0.15) is 25.7 Å². The van der Waals surface area contributed by atoms with Crippen LogP contribution in [-0.4, -0.2) is 46.6 Å². The van der Waals surface area contributed by atoms with E-state index in [9.17, 15) is 14.4 Å². The number of fused-ring (bicyclic) bond motifs is 1. The number of thiazole rings is 1. The van der Waals surface area contributed by atoms with E-state index < -0.39 is 17.5 Å². The Labute approximate surface area is 170 Å². The Bertz CT molecular complexity index is 1010. The molecule has 0 unspecified atom stereocenters. The van der Waals surface area contributed by atoms with Gasteiger partial charge in [0.2, 0.25) is 12.7 Å². The number of benzene rings is 1. The van der Waals surface area contributed by atoms with Crippen LogP contribution in [-0.2, 0) is 9.59 Å². The van der Waals surface area contributed by atoms with Crippen LogP contribution in [0.5, 0.6) is 11.5 Å².